The van der Waals surface area contributed by atoms with Crippen LogP contribution in [-0.2, 0) is 9.59 Å². The Balaban J connectivity index is 2.54. The van der Waals surface area contributed by atoms with Crippen molar-refractivity contribution in [2.75, 3.05) is 19.7 Å². The van der Waals surface area contributed by atoms with Crippen molar-refractivity contribution >= 4 is 27.8 Å². The van der Waals surface area contributed by atoms with Gasteiger partial charge in [-0.05, 0) is 30.2 Å². The summed E-state index contributed by atoms with van der Waals surface area (Å²) in [6, 6.07) is 7.19. The van der Waals surface area contributed by atoms with E-state index in [9.17, 15) is 9.59 Å². The Labute approximate surface area is 133 Å². The molecule has 0 radical (unpaired) electrons. The molecule has 0 saturated heterocycles. The first kappa shape index (κ1) is 17.5. The van der Waals surface area contributed by atoms with Crippen LogP contribution in [0.3, 0.4) is 0 Å². The molecule has 1 N–H and O–H groups in total. The van der Waals surface area contributed by atoms with Crippen molar-refractivity contribution in [3.8, 4) is 5.75 Å². The Morgan fingerprint density at radius 1 is 1.29 bits per heavy atom. The van der Waals surface area contributed by atoms with Gasteiger partial charge in [-0.1, -0.05) is 29.8 Å². The van der Waals surface area contributed by atoms with E-state index in [1.165, 1.54) is 4.90 Å². The Morgan fingerprint density at radius 2 is 1.90 bits per heavy atom. The van der Waals surface area contributed by atoms with E-state index in [4.69, 9.17) is 9.84 Å². The van der Waals surface area contributed by atoms with Crippen LogP contribution < -0.4 is 4.74 Å². The van der Waals surface area contributed by atoms with Crippen LogP contribution in [0.4, 0.5) is 0 Å². The lowest BCUT2D eigenvalue weighted by atomic mass is 10.2. The zero-order valence-electron chi connectivity index (χ0n) is 12.2. The van der Waals surface area contributed by atoms with Gasteiger partial charge in [-0.15, -0.1) is 0 Å². The van der Waals surface area contributed by atoms with Gasteiger partial charge in [0.2, 0.25) is 0 Å². The van der Waals surface area contributed by atoms with Crippen LogP contribution in [0.2, 0.25) is 0 Å². The van der Waals surface area contributed by atoms with E-state index in [1.54, 1.807) is 12.1 Å². The third kappa shape index (κ3) is 7.13. The van der Waals surface area contributed by atoms with E-state index < -0.39 is 5.97 Å². The molecule has 0 saturated carbocycles. The van der Waals surface area contributed by atoms with Crippen LogP contribution in [0.15, 0.2) is 28.7 Å². The smallest absolute Gasteiger partial charge is 0.305 e. The topological polar surface area (TPSA) is 66.8 Å². The number of hydrogen-bond donors (Lipinski definition) is 1. The standard InChI is InChI=1S/C15H20BrNO4/c1-11(2)9-17(8-7-15(19)20)14(18)10-21-13-5-3-12(16)4-6-13/h3-6,11H,7-10H2,1-2H3,(H,19,20). The van der Waals surface area contributed by atoms with Crippen molar-refractivity contribution in [2.24, 2.45) is 5.92 Å². The summed E-state index contributed by atoms with van der Waals surface area (Å²) in [4.78, 5) is 24.3. The molecule has 0 aliphatic rings. The van der Waals surface area contributed by atoms with Crippen LogP contribution in [0, 0.1) is 5.92 Å². The molecule has 0 unspecified atom stereocenters. The third-order valence-electron chi connectivity index (χ3n) is 2.71. The molecular weight excluding hydrogens is 338 g/mol. The number of carboxylic acid groups (broad SMARTS) is 1. The van der Waals surface area contributed by atoms with Gasteiger partial charge < -0.3 is 14.7 Å². The zero-order chi connectivity index (χ0) is 15.8. The largest absolute Gasteiger partial charge is 0.484 e. The highest BCUT2D eigenvalue weighted by atomic mass is 79.9. The molecule has 1 aromatic rings. The molecule has 5 nitrogen and oxygen atoms in total. The van der Waals surface area contributed by atoms with Gasteiger partial charge in [-0.25, -0.2) is 0 Å². The maximum Gasteiger partial charge on any atom is 0.305 e. The lowest BCUT2D eigenvalue weighted by Gasteiger charge is -2.24. The van der Waals surface area contributed by atoms with Gasteiger partial charge in [0.1, 0.15) is 5.75 Å². The number of carbonyl (C=O) groups is 2. The fraction of sp³-hybridized carbons (Fsp3) is 0.467. The summed E-state index contributed by atoms with van der Waals surface area (Å²) in [5.74, 6) is -0.233. The van der Waals surface area contributed by atoms with E-state index in [2.05, 4.69) is 15.9 Å². The summed E-state index contributed by atoms with van der Waals surface area (Å²) in [6.45, 7) is 4.60. The monoisotopic (exact) mass is 357 g/mol. The van der Waals surface area contributed by atoms with Crippen LogP contribution in [0.1, 0.15) is 20.3 Å². The SMILES string of the molecule is CC(C)CN(CCC(=O)O)C(=O)COc1ccc(Br)cc1. The summed E-state index contributed by atoms with van der Waals surface area (Å²) in [5.41, 5.74) is 0. The highest BCUT2D eigenvalue weighted by molar-refractivity contribution is 9.10. The fourth-order valence-electron chi connectivity index (χ4n) is 1.76. The summed E-state index contributed by atoms with van der Waals surface area (Å²) >= 11 is 3.32. The average molecular weight is 358 g/mol. The maximum absolute atomic E-state index is 12.1. The van der Waals surface area contributed by atoms with E-state index in [0.29, 0.717) is 12.3 Å². The number of ether oxygens (including phenoxy) is 1. The first-order valence-corrected chi connectivity index (χ1v) is 7.55. The second kappa shape index (κ2) is 8.67. The van der Waals surface area contributed by atoms with Gasteiger partial charge >= 0.3 is 5.97 Å². The number of nitrogens with zero attached hydrogens (tertiary/aromatic N) is 1. The molecule has 6 heteroatoms. The number of halogens is 1. The number of carbonyl (C=O) groups excluding carboxylic acids is 1. The predicted octanol–water partition coefficient (Wildman–Crippen LogP) is 2.79. The molecular formula is C15H20BrNO4. The van der Waals surface area contributed by atoms with Gasteiger partial charge in [0.05, 0.1) is 6.42 Å². The molecule has 21 heavy (non-hydrogen) atoms. The number of benzene rings is 1. The lowest BCUT2D eigenvalue weighted by Crippen LogP contribution is -2.38. The summed E-state index contributed by atoms with van der Waals surface area (Å²) in [7, 11) is 0. The number of hydrogen-bond acceptors (Lipinski definition) is 3. The molecule has 0 aromatic heterocycles. The fourth-order valence-corrected chi connectivity index (χ4v) is 2.02. The summed E-state index contributed by atoms with van der Waals surface area (Å²) < 4.78 is 6.37. The van der Waals surface area contributed by atoms with E-state index in [0.717, 1.165) is 4.47 Å². The number of carboxylic acids is 1. The van der Waals surface area contributed by atoms with Crippen molar-refractivity contribution in [1.29, 1.82) is 0 Å². The van der Waals surface area contributed by atoms with Crippen LogP contribution in [0.25, 0.3) is 0 Å². The van der Waals surface area contributed by atoms with Gasteiger partial charge in [-0.2, -0.15) is 0 Å². The molecule has 1 amide bonds. The number of amides is 1. The average Bonchev–Trinajstić information content (AvgIpc) is 2.42. The van der Waals surface area contributed by atoms with Gasteiger partial charge in [0.15, 0.2) is 6.61 Å². The minimum Gasteiger partial charge on any atom is -0.484 e. The van der Waals surface area contributed by atoms with Gasteiger partial charge in [0.25, 0.3) is 5.91 Å². The van der Waals surface area contributed by atoms with Gasteiger partial charge in [-0.3, -0.25) is 9.59 Å². The third-order valence-corrected chi connectivity index (χ3v) is 3.24. The van der Waals surface area contributed by atoms with Crippen molar-refractivity contribution < 1.29 is 19.4 Å². The molecule has 0 atom stereocenters. The first-order chi connectivity index (χ1) is 9.88. The Morgan fingerprint density at radius 3 is 2.43 bits per heavy atom. The molecule has 0 spiro atoms. The molecule has 0 fully saturated rings. The number of aliphatic carboxylic acids is 1. The van der Waals surface area contributed by atoms with Crippen molar-refractivity contribution in [1.82, 2.24) is 4.90 Å². The quantitative estimate of drug-likeness (QED) is 0.776. The van der Waals surface area contributed by atoms with Crippen LogP contribution >= 0.6 is 15.9 Å². The molecule has 0 aliphatic carbocycles. The minimum absolute atomic E-state index is 0.0588. The summed E-state index contributed by atoms with van der Waals surface area (Å²) in [5, 5.41) is 8.74. The highest BCUT2D eigenvalue weighted by Gasteiger charge is 2.16. The van der Waals surface area contributed by atoms with Crippen LogP contribution in [-0.4, -0.2) is 41.6 Å². The second-order valence-corrected chi connectivity index (χ2v) is 6.04. The molecule has 1 rings (SSSR count). The van der Waals surface area contributed by atoms with E-state index >= 15 is 0 Å². The van der Waals surface area contributed by atoms with Crippen molar-refractivity contribution in [2.45, 2.75) is 20.3 Å². The molecule has 1 aromatic carbocycles. The lowest BCUT2D eigenvalue weighted by molar-refractivity contribution is -0.139. The highest BCUT2D eigenvalue weighted by Crippen LogP contribution is 2.16. The molecule has 116 valence electrons. The summed E-state index contributed by atoms with van der Waals surface area (Å²) in [6.07, 6.45) is -0.0588. The Hall–Kier alpha value is -1.56. The predicted molar refractivity (Wildman–Crippen MR) is 83.3 cm³/mol. The number of rotatable bonds is 8. The van der Waals surface area contributed by atoms with Gasteiger partial charge in [0, 0.05) is 17.6 Å². The minimum atomic E-state index is -0.912. The maximum atomic E-state index is 12.1. The van der Waals surface area contributed by atoms with Crippen LogP contribution in [0.5, 0.6) is 5.75 Å². The van der Waals surface area contributed by atoms with E-state index in [-0.39, 0.29) is 31.4 Å². The Bertz CT molecular complexity index is 473. The molecule has 0 bridgehead atoms. The first-order valence-electron chi connectivity index (χ1n) is 6.76. The molecule has 0 aliphatic heterocycles. The van der Waals surface area contributed by atoms with Crippen molar-refractivity contribution in [3.05, 3.63) is 28.7 Å². The zero-order valence-corrected chi connectivity index (χ0v) is 13.8. The second-order valence-electron chi connectivity index (χ2n) is 5.12. The molecule has 0 heterocycles. The van der Waals surface area contributed by atoms with Crippen molar-refractivity contribution in [3.63, 3.8) is 0 Å². The normalized spacial score (nSPS) is 10.5. The van der Waals surface area contributed by atoms with E-state index in [1.807, 2.05) is 26.0 Å². The Kier molecular flexibility index (Phi) is 7.22.